The molecule has 0 saturated heterocycles. The lowest BCUT2D eigenvalue weighted by atomic mass is 10.0. The molecule has 0 spiro atoms. The Labute approximate surface area is 93.0 Å². The van der Waals surface area contributed by atoms with Crippen molar-refractivity contribution in [2.75, 3.05) is 7.11 Å². The van der Waals surface area contributed by atoms with Gasteiger partial charge in [0.2, 0.25) is 5.78 Å². The van der Waals surface area contributed by atoms with E-state index in [1.54, 1.807) is 13.0 Å². The average molecular weight is 227 g/mol. The van der Waals surface area contributed by atoms with Gasteiger partial charge in [-0.3, -0.25) is 9.59 Å². The molecule has 1 rings (SSSR count). The normalized spacial score (nSPS) is 9.87. The first-order valence-corrected chi connectivity index (χ1v) is 4.74. The Morgan fingerprint density at radius 2 is 1.93 bits per heavy atom. The van der Waals surface area contributed by atoms with E-state index in [-0.39, 0.29) is 5.56 Å². The molecule has 0 saturated carbocycles. The van der Waals surface area contributed by atoms with Crippen LogP contribution in [0.5, 0.6) is 5.75 Å². The zero-order valence-corrected chi connectivity index (χ0v) is 9.51. The van der Waals surface area contributed by atoms with Crippen LogP contribution in [0.25, 0.3) is 0 Å². The third kappa shape index (κ3) is 2.36. The number of rotatable bonds is 3. The van der Waals surface area contributed by atoms with Gasteiger partial charge in [-0.05, 0) is 24.6 Å². The van der Waals surface area contributed by atoms with Crippen LogP contribution in [0.15, 0.2) is 12.1 Å². The van der Waals surface area contributed by atoms with E-state index >= 15 is 0 Å². The second kappa shape index (κ2) is 4.45. The lowest BCUT2D eigenvalue weighted by molar-refractivity contribution is -0.113. The fraction of sp³-hybridized carbons (Fsp3) is 0.273. The summed E-state index contributed by atoms with van der Waals surface area (Å²) in [7, 11) is 1.45. The van der Waals surface area contributed by atoms with Gasteiger partial charge in [0.15, 0.2) is 5.78 Å². The molecule has 0 aliphatic heterocycles. The molecule has 0 aliphatic carbocycles. The zero-order chi connectivity index (χ0) is 11.6. The summed E-state index contributed by atoms with van der Waals surface area (Å²) in [4.78, 5) is 22.5. The Hall–Kier alpha value is -1.35. The lowest BCUT2D eigenvalue weighted by Gasteiger charge is -2.09. The zero-order valence-electron chi connectivity index (χ0n) is 8.76. The molecule has 0 amide bonds. The van der Waals surface area contributed by atoms with Gasteiger partial charge in [-0.1, -0.05) is 11.6 Å². The third-order valence-corrected chi connectivity index (χ3v) is 2.23. The van der Waals surface area contributed by atoms with Crippen LogP contribution in [0.4, 0.5) is 0 Å². The molecule has 0 atom stereocenters. The van der Waals surface area contributed by atoms with Gasteiger partial charge in [-0.25, -0.2) is 0 Å². The van der Waals surface area contributed by atoms with Crippen LogP contribution in [-0.4, -0.2) is 18.7 Å². The standard InChI is InChI=1S/C11H11ClO3/c1-6-4-8(12)5-9(11(6)15-3)10(14)7(2)13/h4-5H,1-3H3. The highest BCUT2D eigenvalue weighted by atomic mass is 35.5. The van der Waals surface area contributed by atoms with Crippen molar-refractivity contribution in [1.82, 2.24) is 0 Å². The first kappa shape index (κ1) is 11.7. The van der Waals surface area contributed by atoms with Gasteiger partial charge in [0.1, 0.15) is 5.75 Å². The summed E-state index contributed by atoms with van der Waals surface area (Å²) >= 11 is 5.81. The van der Waals surface area contributed by atoms with Gasteiger partial charge in [0.05, 0.1) is 12.7 Å². The second-order valence-corrected chi connectivity index (χ2v) is 3.63. The summed E-state index contributed by atoms with van der Waals surface area (Å²) in [6, 6.07) is 3.12. The summed E-state index contributed by atoms with van der Waals surface area (Å²) in [5, 5.41) is 0.415. The number of ether oxygens (including phenoxy) is 1. The molecule has 1 aromatic rings. The smallest absolute Gasteiger partial charge is 0.232 e. The Morgan fingerprint density at radius 1 is 1.33 bits per heavy atom. The van der Waals surface area contributed by atoms with E-state index in [9.17, 15) is 9.59 Å². The van der Waals surface area contributed by atoms with Crippen molar-refractivity contribution in [3.8, 4) is 5.75 Å². The van der Waals surface area contributed by atoms with E-state index in [1.807, 2.05) is 0 Å². The van der Waals surface area contributed by atoms with Crippen LogP contribution in [0.1, 0.15) is 22.8 Å². The second-order valence-electron chi connectivity index (χ2n) is 3.19. The van der Waals surface area contributed by atoms with E-state index in [4.69, 9.17) is 16.3 Å². The van der Waals surface area contributed by atoms with Crippen LogP contribution < -0.4 is 4.74 Å². The summed E-state index contributed by atoms with van der Waals surface area (Å²) in [5.41, 5.74) is 0.949. The molecule has 0 aliphatic rings. The van der Waals surface area contributed by atoms with Crippen LogP contribution in [0, 0.1) is 6.92 Å². The largest absolute Gasteiger partial charge is 0.496 e. The molecule has 1 aromatic carbocycles. The molecular formula is C11H11ClO3. The van der Waals surface area contributed by atoms with Crippen molar-refractivity contribution in [3.63, 3.8) is 0 Å². The summed E-state index contributed by atoms with van der Waals surface area (Å²) in [5.74, 6) is -0.716. The molecule has 3 nitrogen and oxygen atoms in total. The highest BCUT2D eigenvalue weighted by Gasteiger charge is 2.18. The number of ketones is 2. The maximum Gasteiger partial charge on any atom is 0.232 e. The summed E-state index contributed by atoms with van der Waals surface area (Å²) in [6.45, 7) is 2.99. The first-order valence-electron chi connectivity index (χ1n) is 4.36. The van der Waals surface area contributed by atoms with E-state index in [2.05, 4.69) is 0 Å². The fourth-order valence-corrected chi connectivity index (χ4v) is 1.63. The molecule has 4 heteroatoms. The SMILES string of the molecule is COc1c(C)cc(Cl)cc1C(=O)C(C)=O. The third-order valence-electron chi connectivity index (χ3n) is 2.01. The highest BCUT2D eigenvalue weighted by Crippen LogP contribution is 2.27. The van der Waals surface area contributed by atoms with E-state index in [1.165, 1.54) is 20.1 Å². The van der Waals surface area contributed by atoms with Gasteiger partial charge in [-0.15, -0.1) is 0 Å². The molecule has 0 unspecified atom stereocenters. The van der Waals surface area contributed by atoms with E-state index in [0.29, 0.717) is 10.8 Å². The van der Waals surface area contributed by atoms with E-state index < -0.39 is 11.6 Å². The van der Waals surface area contributed by atoms with Gasteiger partial charge < -0.3 is 4.74 Å². The predicted octanol–water partition coefficient (Wildman–Crippen LogP) is 2.43. The molecular weight excluding hydrogens is 216 g/mol. The van der Waals surface area contributed by atoms with Crippen molar-refractivity contribution in [2.45, 2.75) is 13.8 Å². The topological polar surface area (TPSA) is 43.4 Å². The monoisotopic (exact) mass is 226 g/mol. The molecule has 0 N–H and O–H groups in total. The van der Waals surface area contributed by atoms with Crippen molar-refractivity contribution in [3.05, 3.63) is 28.3 Å². The quantitative estimate of drug-likeness (QED) is 0.587. The number of hydrogen-bond donors (Lipinski definition) is 0. The maximum absolute atomic E-state index is 11.5. The molecule has 0 fully saturated rings. The molecule has 0 radical (unpaired) electrons. The Bertz CT molecular complexity index is 424. The summed E-state index contributed by atoms with van der Waals surface area (Å²) < 4.78 is 5.07. The Kier molecular flexibility index (Phi) is 3.48. The first-order chi connectivity index (χ1) is 6.97. The number of halogens is 1. The maximum atomic E-state index is 11.5. The summed E-state index contributed by atoms with van der Waals surface area (Å²) in [6.07, 6.45) is 0. The van der Waals surface area contributed by atoms with Crippen molar-refractivity contribution in [2.24, 2.45) is 0 Å². The van der Waals surface area contributed by atoms with Crippen molar-refractivity contribution in [1.29, 1.82) is 0 Å². The van der Waals surface area contributed by atoms with Gasteiger partial charge in [-0.2, -0.15) is 0 Å². The van der Waals surface area contributed by atoms with Crippen LogP contribution >= 0.6 is 11.6 Å². The number of aryl methyl sites for hydroxylation is 1. The van der Waals surface area contributed by atoms with Crippen molar-refractivity contribution < 1.29 is 14.3 Å². The van der Waals surface area contributed by atoms with Crippen LogP contribution in [-0.2, 0) is 4.79 Å². The molecule has 15 heavy (non-hydrogen) atoms. The molecule has 0 bridgehead atoms. The van der Waals surface area contributed by atoms with Crippen LogP contribution in [0.3, 0.4) is 0 Å². The number of carbonyl (C=O) groups excluding carboxylic acids is 2. The molecule has 80 valence electrons. The minimum Gasteiger partial charge on any atom is -0.496 e. The predicted molar refractivity (Wildman–Crippen MR) is 57.8 cm³/mol. The van der Waals surface area contributed by atoms with E-state index in [0.717, 1.165) is 5.56 Å². The average Bonchev–Trinajstić information content (AvgIpc) is 2.15. The van der Waals surface area contributed by atoms with Crippen LogP contribution in [0.2, 0.25) is 5.02 Å². The number of methoxy groups -OCH3 is 1. The number of Topliss-reactive ketones (excluding diaryl/α,β-unsaturated/α-hetero) is 2. The molecule has 0 aromatic heterocycles. The lowest BCUT2D eigenvalue weighted by Crippen LogP contribution is -2.11. The van der Waals surface area contributed by atoms with Gasteiger partial charge in [0, 0.05) is 11.9 Å². The minimum atomic E-state index is -0.586. The fourth-order valence-electron chi connectivity index (χ4n) is 1.36. The number of hydrogen-bond acceptors (Lipinski definition) is 3. The minimum absolute atomic E-state index is 0.218. The number of benzene rings is 1. The Morgan fingerprint density at radius 3 is 2.40 bits per heavy atom. The van der Waals surface area contributed by atoms with Crippen molar-refractivity contribution >= 4 is 23.2 Å². The van der Waals surface area contributed by atoms with Gasteiger partial charge >= 0.3 is 0 Å². The van der Waals surface area contributed by atoms with Gasteiger partial charge in [0.25, 0.3) is 0 Å². The highest BCUT2D eigenvalue weighted by molar-refractivity contribution is 6.44. The molecule has 0 heterocycles. The number of carbonyl (C=O) groups is 2. The Balaban J connectivity index is 3.38.